The molecule has 0 saturated heterocycles. The Hall–Kier alpha value is -3.23. The molecule has 1 heterocycles. The molecule has 0 spiro atoms. The van der Waals surface area contributed by atoms with E-state index in [2.05, 4.69) is 24.1 Å². The minimum Gasteiger partial charge on any atom is -0.497 e. The van der Waals surface area contributed by atoms with Crippen LogP contribution in [0.1, 0.15) is 40.0 Å². The standard InChI is InChI=1S/C22H33N5O4/c1-5-6-11-27-20(23)19(21(29)25-22(27)30)26(12-10-15(2)3)14-18(28)24-16-8-7-9-17(13-16)31-4/h7-9,13,15H,5-6,10-12,14,23H2,1-4H3,(H,24,28)(H,25,29,30). The van der Waals surface area contributed by atoms with Gasteiger partial charge in [0.15, 0.2) is 0 Å². The summed E-state index contributed by atoms with van der Waals surface area (Å²) in [6, 6.07) is 7.02. The average Bonchev–Trinajstić information content (AvgIpc) is 2.71. The topological polar surface area (TPSA) is 122 Å². The molecule has 0 fully saturated rings. The maximum absolute atomic E-state index is 12.8. The van der Waals surface area contributed by atoms with Crippen molar-refractivity contribution in [2.75, 3.05) is 36.1 Å². The molecule has 9 heteroatoms. The Morgan fingerprint density at radius 1 is 1.32 bits per heavy atom. The molecule has 4 N–H and O–H groups in total. The molecule has 0 aliphatic carbocycles. The molecule has 1 aromatic carbocycles. The number of rotatable bonds is 11. The van der Waals surface area contributed by atoms with Gasteiger partial charge in [0.05, 0.1) is 13.7 Å². The summed E-state index contributed by atoms with van der Waals surface area (Å²) in [4.78, 5) is 41.7. The Balaban J connectivity index is 2.34. The quantitative estimate of drug-likeness (QED) is 0.502. The lowest BCUT2D eigenvalue weighted by molar-refractivity contribution is -0.115. The zero-order valence-electron chi connectivity index (χ0n) is 18.7. The van der Waals surface area contributed by atoms with Crippen LogP contribution in [0.15, 0.2) is 33.9 Å². The normalized spacial score (nSPS) is 10.9. The van der Waals surface area contributed by atoms with Crippen LogP contribution in [0.4, 0.5) is 17.2 Å². The van der Waals surface area contributed by atoms with Crippen molar-refractivity contribution in [1.29, 1.82) is 0 Å². The molecule has 0 aliphatic heterocycles. The van der Waals surface area contributed by atoms with Crippen LogP contribution >= 0.6 is 0 Å². The van der Waals surface area contributed by atoms with Crippen molar-refractivity contribution in [2.24, 2.45) is 5.92 Å². The molecule has 0 radical (unpaired) electrons. The third-order valence-electron chi connectivity index (χ3n) is 4.93. The van der Waals surface area contributed by atoms with Gasteiger partial charge in [-0.25, -0.2) is 4.79 Å². The van der Waals surface area contributed by atoms with E-state index in [0.717, 1.165) is 19.3 Å². The van der Waals surface area contributed by atoms with Gasteiger partial charge in [-0.15, -0.1) is 0 Å². The molecule has 0 aliphatic rings. The number of carbonyl (C=O) groups excluding carboxylic acids is 1. The molecule has 31 heavy (non-hydrogen) atoms. The first-order chi connectivity index (χ1) is 14.8. The maximum Gasteiger partial charge on any atom is 0.330 e. The summed E-state index contributed by atoms with van der Waals surface area (Å²) in [6.45, 7) is 6.89. The summed E-state index contributed by atoms with van der Waals surface area (Å²) < 4.78 is 6.55. The SMILES string of the molecule is CCCCn1c(N)c(N(CCC(C)C)CC(=O)Nc2cccc(OC)c2)c(=O)[nH]c1=O. The highest BCUT2D eigenvalue weighted by Gasteiger charge is 2.21. The lowest BCUT2D eigenvalue weighted by atomic mass is 10.1. The third kappa shape index (κ3) is 6.63. The van der Waals surface area contributed by atoms with Crippen LogP contribution in [0.5, 0.6) is 5.75 Å². The molecule has 2 aromatic rings. The number of hydrogen-bond acceptors (Lipinski definition) is 6. The first-order valence-corrected chi connectivity index (χ1v) is 10.6. The molecule has 0 saturated carbocycles. The summed E-state index contributed by atoms with van der Waals surface area (Å²) in [6.07, 6.45) is 2.37. The number of benzene rings is 1. The highest BCUT2D eigenvalue weighted by atomic mass is 16.5. The highest BCUT2D eigenvalue weighted by Crippen LogP contribution is 2.20. The third-order valence-corrected chi connectivity index (χ3v) is 4.93. The number of aromatic nitrogens is 2. The molecule has 0 unspecified atom stereocenters. The Morgan fingerprint density at radius 3 is 2.71 bits per heavy atom. The minimum atomic E-state index is -0.590. The average molecular weight is 432 g/mol. The van der Waals surface area contributed by atoms with Gasteiger partial charge in [0.1, 0.15) is 17.3 Å². The number of nitrogens with one attached hydrogen (secondary N) is 2. The predicted molar refractivity (Wildman–Crippen MR) is 124 cm³/mol. The lowest BCUT2D eigenvalue weighted by Crippen LogP contribution is -2.42. The minimum absolute atomic E-state index is 0.0802. The molecule has 170 valence electrons. The second-order valence-corrected chi connectivity index (χ2v) is 7.88. The number of hydrogen-bond donors (Lipinski definition) is 3. The van der Waals surface area contributed by atoms with Gasteiger partial charge in [-0.05, 0) is 30.9 Å². The number of methoxy groups -OCH3 is 1. The van der Waals surface area contributed by atoms with Crippen molar-refractivity contribution in [3.63, 3.8) is 0 Å². The summed E-state index contributed by atoms with van der Waals surface area (Å²) in [5.41, 5.74) is 5.86. The number of amides is 1. The van der Waals surface area contributed by atoms with Crippen LogP contribution in [-0.2, 0) is 11.3 Å². The molecule has 1 amide bonds. The van der Waals surface area contributed by atoms with Gasteiger partial charge < -0.3 is 20.7 Å². The van der Waals surface area contributed by atoms with Gasteiger partial charge in [0, 0.05) is 24.8 Å². The second-order valence-electron chi connectivity index (χ2n) is 7.88. The van der Waals surface area contributed by atoms with Crippen LogP contribution in [0.25, 0.3) is 0 Å². The molecule has 1 aromatic heterocycles. The van der Waals surface area contributed by atoms with Crippen molar-refractivity contribution in [1.82, 2.24) is 9.55 Å². The largest absolute Gasteiger partial charge is 0.497 e. The van der Waals surface area contributed by atoms with Crippen LogP contribution in [-0.4, -0.2) is 35.7 Å². The molecule has 9 nitrogen and oxygen atoms in total. The first kappa shape index (κ1) is 24.0. The Bertz CT molecular complexity index is 996. The number of ether oxygens (including phenoxy) is 1. The molecular weight excluding hydrogens is 398 g/mol. The van der Waals surface area contributed by atoms with Crippen molar-refractivity contribution < 1.29 is 9.53 Å². The predicted octanol–water partition coefficient (Wildman–Crippen LogP) is 2.42. The van der Waals surface area contributed by atoms with Crippen LogP contribution in [0, 0.1) is 5.92 Å². The van der Waals surface area contributed by atoms with Crippen molar-refractivity contribution in [3.8, 4) is 5.75 Å². The highest BCUT2D eigenvalue weighted by molar-refractivity contribution is 5.94. The molecular formula is C22H33N5O4. The smallest absolute Gasteiger partial charge is 0.330 e. The van der Waals surface area contributed by atoms with Crippen molar-refractivity contribution in [2.45, 2.75) is 46.6 Å². The summed E-state index contributed by atoms with van der Waals surface area (Å²) in [5, 5.41) is 2.82. The second kappa shape index (κ2) is 11.2. The van der Waals surface area contributed by atoms with E-state index in [4.69, 9.17) is 10.5 Å². The number of anilines is 3. The van der Waals surface area contributed by atoms with Gasteiger partial charge in [-0.2, -0.15) is 0 Å². The number of nitrogen functional groups attached to an aromatic ring is 1. The first-order valence-electron chi connectivity index (χ1n) is 10.6. The van der Waals surface area contributed by atoms with Gasteiger partial charge in [-0.3, -0.25) is 19.1 Å². The van der Waals surface area contributed by atoms with E-state index < -0.39 is 11.2 Å². The fourth-order valence-electron chi connectivity index (χ4n) is 3.18. The zero-order valence-corrected chi connectivity index (χ0v) is 18.7. The number of aromatic amines is 1. The Morgan fingerprint density at radius 2 is 2.06 bits per heavy atom. The summed E-state index contributed by atoms with van der Waals surface area (Å²) in [7, 11) is 1.55. The van der Waals surface area contributed by atoms with Crippen LogP contribution in [0.2, 0.25) is 0 Å². The number of nitrogens with zero attached hydrogens (tertiary/aromatic N) is 2. The number of nitrogens with two attached hydrogens (primary N) is 1. The Labute approximate surface area is 182 Å². The summed E-state index contributed by atoms with van der Waals surface area (Å²) >= 11 is 0. The van der Waals surface area contributed by atoms with Crippen LogP contribution < -0.4 is 31.9 Å². The fraction of sp³-hybridized carbons (Fsp3) is 0.500. The van der Waals surface area contributed by atoms with Gasteiger partial charge in [-0.1, -0.05) is 33.3 Å². The molecule has 0 bridgehead atoms. The molecule has 2 rings (SSSR count). The lowest BCUT2D eigenvalue weighted by Gasteiger charge is -2.26. The Kier molecular flexibility index (Phi) is 8.72. The van der Waals surface area contributed by atoms with E-state index in [1.807, 2.05) is 6.92 Å². The van der Waals surface area contributed by atoms with E-state index >= 15 is 0 Å². The van der Waals surface area contributed by atoms with Crippen molar-refractivity contribution >= 4 is 23.1 Å². The zero-order chi connectivity index (χ0) is 23.0. The van der Waals surface area contributed by atoms with E-state index in [1.165, 1.54) is 4.57 Å². The number of carbonyl (C=O) groups is 1. The van der Waals surface area contributed by atoms with Gasteiger partial charge >= 0.3 is 5.69 Å². The van der Waals surface area contributed by atoms with E-state index in [1.54, 1.807) is 36.3 Å². The number of unbranched alkanes of at least 4 members (excludes halogenated alkanes) is 1. The monoisotopic (exact) mass is 431 g/mol. The van der Waals surface area contributed by atoms with E-state index in [9.17, 15) is 14.4 Å². The summed E-state index contributed by atoms with van der Waals surface area (Å²) in [5.74, 6) is 0.760. The van der Waals surface area contributed by atoms with Gasteiger partial charge in [0.25, 0.3) is 5.56 Å². The molecule has 0 atom stereocenters. The van der Waals surface area contributed by atoms with Crippen LogP contribution in [0.3, 0.4) is 0 Å². The van der Waals surface area contributed by atoms with E-state index in [-0.39, 0.29) is 24.0 Å². The van der Waals surface area contributed by atoms with Crippen molar-refractivity contribution in [3.05, 3.63) is 45.1 Å². The fourth-order valence-corrected chi connectivity index (χ4v) is 3.18. The number of H-pyrrole nitrogens is 1. The van der Waals surface area contributed by atoms with Gasteiger partial charge in [0.2, 0.25) is 5.91 Å². The maximum atomic E-state index is 12.8. The van der Waals surface area contributed by atoms with E-state index in [0.29, 0.717) is 30.4 Å².